The zero-order chi connectivity index (χ0) is 13.9. The Morgan fingerprint density at radius 1 is 1.32 bits per heavy atom. The SMILES string of the molecule is CC(C)(C(=O)Nc1ccccc1Br)N1CCNCC1. The van der Waals surface area contributed by atoms with Crippen molar-refractivity contribution in [2.24, 2.45) is 0 Å². The van der Waals surface area contributed by atoms with Gasteiger partial charge in [-0.3, -0.25) is 9.69 Å². The normalized spacial score (nSPS) is 17.2. The average molecular weight is 326 g/mol. The lowest BCUT2D eigenvalue weighted by Gasteiger charge is -2.39. The monoisotopic (exact) mass is 325 g/mol. The minimum absolute atomic E-state index is 0.0290. The van der Waals surface area contributed by atoms with Crippen molar-refractivity contribution in [3.8, 4) is 0 Å². The van der Waals surface area contributed by atoms with Crippen LogP contribution in [0.15, 0.2) is 28.7 Å². The van der Waals surface area contributed by atoms with Gasteiger partial charge in [0.25, 0.3) is 0 Å². The summed E-state index contributed by atoms with van der Waals surface area (Å²) in [5.74, 6) is 0.0290. The Hall–Kier alpha value is -0.910. The van der Waals surface area contributed by atoms with Gasteiger partial charge in [0.05, 0.1) is 11.2 Å². The van der Waals surface area contributed by atoms with Crippen LogP contribution in [0.1, 0.15) is 13.8 Å². The first-order valence-corrected chi connectivity index (χ1v) is 7.33. The molecule has 1 aromatic rings. The Morgan fingerprint density at radius 3 is 2.58 bits per heavy atom. The highest BCUT2D eigenvalue weighted by Crippen LogP contribution is 2.24. The van der Waals surface area contributed by atoms with E-state index in [4.69, 9.17) is 0 Å². The molecule has 1 amide bonds. The number of hydrogen-bond donors (Lipinski definition) is 2. The van der Waals surface area contributed by atoms with Gasteiger partial charge in [-0.1, -0.05) is 12.1 Å². The molecule has 1 aliphatic heterocycles. The molecule has 0 saturated carbocycles. The minimum Gasteiger partial charge on any atom is -0.323 e. The van der Waals surface area contributed by atoms with Gasteiger partial charge >= 0.3 is 0 Å². The third kappa shape index (κ3) is 3.35. The lowest BCUT2D eigenvalue weighted by atomic mass is 10.0. The number of para-hydroxylation sites is 1. The Labute approximate surface area is 122 Å². The Morgan fingerprint density at radius 2 is 1.95 bits per heavy atom. The first kappa shape index (κ1) is 14.5. The second kappa shape index (κ2) is 6.03. The fraction of sp³-hybridized carbons (Fsp3) is 0.500. The van der Waals surface area contributed by atoms with Crippen LogP contribution in [-0.4, -0.2) is 42.5 Å². The van der Waals surface area contributed by atoms with E-state index < -0.39 is 5.54 Å². The smallest absolute Gasteiger partial charge is 0.244 e. The molecule has 2 N–H and O–H groups in total. The summed E-state index contributed by atoms with van der Waals surface area (Å²) < 4.78 is 0.902. The number of amides is 1. The van der Waals surface area contributed by atoms with E-state index >= 15 is 0 Å². The number of carbonyl (C=O) groups is 1. The van der Waals surface area contributed by atoms with Crippen molar-refractivity contribution >= 4 is 27.5 Å². The summed E-state index contributed by atoms with van der Waals surface area (Å²) in [4.78, 5) is 14.7. The second-order valence-electron chi connectivity index (χ2n) is 5.23. The zero-order valence-electron chi connectivity index (χ0n) is 11.4. The van der Waals surface area contributed by atoms with E-state index in [2.05, 4.69) is 31.5 Å². The number of carbonyl (C=O) groups excluding carboxylic acids is 1. The quantitative estimate of drug-likeness (QED) is 0.894. The summed E-state index contributed by atoms with van der Waals surface area (Å²) in [6, 6.07) is 7.67. The molecule has 1 saturated heterocycles. The molecule has 0 atom stereocenters. The predicted molar refractivity (Wildman–Crippen MR) is 81.3 cm³/mol. The van der Waals surface area contributed by atoms with E-state index in [1.54, 1.807) is 0 Å². The minimum atomic E-state index is -0.503. The van der Waals surface area contributed by atoms with Crippen molar-refractivity contribution in [3.63, 3.8) is 0 Å². The number of hydrogen-bond acceptors (Lipinski definition) is 3. The third-order valence-corrected chi connectivity index (χ3v) is 4.28. The van der Waals surface area contributed by atoms with Gasteiger partial charge in [0, 0.05) is 30.7 Å². The van der Waals surface area contributed by atoms with Crippen LogP contribution >= 0.6 is 15.9 Å². The van der Waals surface area contributed by atoms with Crippen molar-refractivity contribution in [1.82, 2.24) is 10.2 Å². The van der Waals surface area contributed by atoms with Gasteiger partial charge in [-0.2, -0.15) is 0 Å². The molecule has 0 radical (unpaired) electrons. The Bertz CT molecular complexity index is 456. The van der Waals surface area contributed by atoms with E-state index in [9.17, 15) is 4.79 Å². The molecule has 2 rings (SSSR count). The number of halogens is 1. The average Bonchev–Trinajstić information content (AvgIpc) is 2.42. The molecule has 0 unspecified atom stereocenters. The van der Waals surface area contributed by atoms with Crippen LogP contribution in [0, 0.1) is 0 Å². The molecule has 104 valence electrons. The lowest BCUT2D eigenvalue weighted by Crippen LogP contribution is -2.58. The van der Waals surface area contributed by atoms with E-state index in [1.807, 2.05) is 38.1 Å². The third-order valence-electron chi connectivity index (χ3n) is 3.59. The van der Waals surface area contributed by atoms with Crippen LogP contribution in [0.2, 0.25) is 0 Å². The molecule has 0 aliphatic carbocycles. The highest BCUT2D eigenvalue weighted by atomic mass is 79.9. The number of nitrogens with one attached hydrogen (secondary N) is 2. The summed E-state index contributed by atoms with van der Waals surface area (Å²) >= 11 is 3.45. The largest absolute Gasteiger partial charge is 0.323 e. The molecule has 1 aromatic carbocycles. The summed E-state index contributed by atoms with van der Waals surface area (Å²) in [5.41, 5.74) is 0.313. The number of piperazine rings is 1. The van der Waals surface area contributed by atoms with Crippen LogP contribution in [0.5, 0.6) is 0 Å². The maximum absolute atomic E-state index is 12.5. The van der Waals surface area contributed by atoms with Crippen molar-refractivity contribution in [2.45, 2.75) is 19.4 Å². The standard InChI is InChI=1S/C14H20BrN3O/c1-14(2,18-9-7-16-8-10-18)13(19)17-12-6-4-3-5-11(12)15/h3-6,16H,7-10H2,1-2H3,(H,17,19). The number of anilines is 1. The molecular formula is C14H20BrN3O. The fourth-order valence-corrected chi connectivity index (χ4v) is 2.59. The first-order valence-electron chi connectivity index (χ1n) is 6.53. The van der Waals surface area contributed by atoms with Gasteiger partial charge < -0.3 is 10.6 Å². The first-order chi connectivity index (χ1) is 9.01. The van der Waals surface area contributed by atoms with E-state index in [0.29, 0.717) is 0 Å². The van der Waals surface area contributed by atoms with Crippen molar-refractivity contribution < 1.29 is 4.79 Å². The molecule has 1 heterocycles. The summed E-state index contributed by atoms with van der Waals surface area (Å²) in [6.45, 7) is 7.62. The van der Waals surface area contributed by atoms with Gasteiger partial charge in [-0.15, -0.1) is 0 Å². The van der Waals surface area contributed by atoms with Crippen LogP contribution in [-0.2, 0) is 4.79 Å². The second-order valence-corrected chi connectivity index (χ2v) is 6.08. The van der Waals surface area contributed by atoms with E-state index in [1.165, 1.54) is 0 Å². The van der Waals surface area contributed by atoms with Crippen LogP contribution < -0.4 is 10.6 Å². The van der Waals surface area contributed by atoms with Crippen LogP contribution in [0.25, 0.3) is 0 Å². The zero-order valence-corrected chi connectivity index (χ0v) is 13.0. The molecule has 4 nitrogen and oxygen atoms in total. The van der Waals surface area contributed by atoms with E-state index in [0.717, 1.165) is 36.3 Å². The molecular weight excluding hydrogens is 306 g/mol. The number of nitrogens with zero attached hydrogens (tertiary/aromatic N) is 1. The molecule has 1 aliphatic rings. The van der Waals surface area contributed by atoms with Gasteiger partial charge in [0.15, 0.2) is 0 Å². The lowest BCUT2D eigenvalue weighted by molar-refractivity contribution is -0.126. The van der Waals surface area contributed by atoms with Crippen LogP contribution in [0.4, 0.5) is 5.69 Å². The highest BCUT2D eigenvalue weighted by Gasteiger charge is 2.35. The maximum Gasteiger partial charge on any atom is 0.244 e. The van der Waals surface area contributed by atoms with Crippen molar-refractivity contribution in [3.05, 3.63) is 28.7 Å². The molecule has 19 heavy (non-hydrogen) atoms. The summed E-state index contributed by atoms with van der Waals surface area (Å²) in [7, 11) is 0. The van der Waals surface area contributed by atoms with Gasteiger partial charge in [-0.25, -0.2) is 0 Å². The predicted octanol–water partition coefficient (Wildman–Crippen LogP) is 2.07. The fourth-order valence-electron chi connectivity index (χ4n) is 2.21. The molecule has 1 fully saturated rings. The summed E-state index contributed by atoms with van der Waals surface area (Å²) in [6.07, 6.45) is 0. The summed E-state index contributed by atoms with van der Waals surface area (Å²) in [5, 5.41) is 6.30. The molecule has 0 spiro atoms. The van der Waals surface area contributed by atoms with Gasteiger partial charge in [-0.05, 0) is 41.9 Å². The van der Waals surface area contributed by atoms with Gasteiger partial charge in [0.1, 0.15) is 0 Å². The number of rotatable bonds is 3. The molecule has 0 bridgehead atoms. The maximum atomic E-state index is 12.5. The molecule has 0 aromatic heterocycles. The molecule has 5 heteroatoms. The Kier molecular flexibility index (Phi) is 4.60. The van der Waals surface area contributed by atoms with Crippen molar-refractivity contribution in [2.75, 3.05) is 31.5 Å². The topological polar surface area (TPSA) is 44.4 Å². The van der Waals surface area contributed by atoms with E-state index in [-0.39, 0.29) is 5.91 Å². The highest BCUT2D eigenvalue weighted by molar-refractivity contribution is 9.10. The number of benzene rings is 1. The van der Waals surface area contributed by atoms with Gasteiger partial charge in [0.2, 0.25) is 5.91 Å². The van der Waals surface area contributed by atoms with Crippen molar-refractivity contribution in [1.29, 1.82) is 0 Å². The van der Waals surface area contributed by atoms with Crippen LogP contribution in [0.3, 0.4) is 0 Å². The Balaban J connectivity index is 2.08.